The number of hydrogen-bond donors (Lipinski definition) is 3. The summed E-state index contributed by atoms with van der Waals surface area (Å²) in [5.41, 5.74) is 2.84. The summed E-state index contributed by atoms with van der Waals surface area (Å²) in [7, 11) is 0. The number of aliphatic carboxylic acids is 1. The first-order valence-electron chi connectivity index (χ1n) is 6.94. The third kappa shape index (κ3) is 3.97. The van der Waals surface area contributed by atoms with Crippen LogP contribution in [-0.4, -0.2) is 23.1 Å². The molecule has 0 saturated heterocycles. The fourth-order valence-electron chi connectivity index (χ4n) is 2.71. The van der Waals surface area contributed by atoms with Crippen molar-refractivity contribution in [2.24, 2.45) is 5.92 Å². The van der Waals surface area contributed by atoms with Crippen molar-refractivity contribution in [3.63, 3.8) is 0 Å². The summed E-state index contributed by atoms with van der Waals surface area (Å²) in [5.74, 6) is -1.12. The highest BCUT2D eigenvalue weighted by Gasteiger charge is 2.30. The standard InChI is InChI=1S/C15H19BrN2O3/c1-8-5-12(6-9(2)13(8)16)18-15(21)17-11-4-3-10(7-11)14(19)20/h5-6,10-11H,3-4,7H2,1-2H3,(H,19,20)(H2,17,18,21)/t10-,11+/m1/s1. The molecule has 2 rings (SSSR count). The normalized spacial score (nSPS) is 21.1. The summed E-state index contributed by atoms with van der Waals surface area (Å²) in [6, 6.07) is 3.44. The van der Waals surface area contributed by atoms with Gasteiger partial charge in [0.05, 0.1) is 5.92 Å². The van der Waals surface area contributed by atoms with Crippen molar-refractivity contribution >= 4 is 33.6 Å². The Labute approximate surface area is 132 Å². The van der Waals surface area contributed by atoms with Crippen LogP contribution >= 0.6 is 15.9 Å². The number of amides is 2. The molecule has 0 heterocycles. The lowest BCUT2D eigenvalue weighted by molar-refractivity contribution is -0.141. The number of carboxylic acids is 1. The molecular weight excluding hydrogens is 336 g/mol. The zero-order chi connectivity index (χ0) is 15.6. The van der Waals surface area contributed by atoms with Crippen LogP contribution in [0.2, 0.25) is 0 Å². The van der Waals surface area contributed by atoms with Crippen LogP contribution in [0.15, 0.2) is 16.6 Å². The zero-order valence-corrected chi connectivity index (χ0v) is 13.7. The van der Waals surface area contributed by atoms with E-state index in [1.165, 1.54) is 0 Å². The first-order chi connectivity index (χ1) is 9.86. The van der Waals surface area contributed by atoms with Gasteiger partial charge in [-0.3, -0.25) is 4.79 Å². The Balaban J connectivity index is 1.92. The Kier molecular flexibility index (Phi) is 4.88. The van der Waals surface area contributed by atoms with Gasteiger partial charge in [-0.05, 0) is 56.4 Å². The molecule has 0 unspecified atom stereocenters. The average molecular weight is 355 g/mol. The van der Waals surface area contributed by atoms with E-state index < -0.39 is 5.97 Å². The molecule has 6 heteroatoms. The molecule has 2 amide bonds. The molecule has 0 bridgehead atoms. The van der Waals surface area contributed by atoms with E-state index in [1.807, 2.05) is 26.0 Å². The van der Waals surface area contributed by atoms with Gasteiger partial charge in [0.1, 0.15) is 0 Å². The van der Waals surface area contributed by atoms with E-state index in [0.29, 0.717) is 19.3 Å². The summed E-state index contributed by atoms with van der Waals surface area (Å²) in [5, 5.41) is 14.6. The van der Waals surface area contributed by atoms with E-state index in [9.17, 15) is 9.59 Å². The molecule has 0 aliphatic heterocycles. The van der Waals surface area contributed by atoms with E-state index in [4.69, 9.17) is 5.11 Å². The highest BCUT2D eigenvalue weighted by atomic mass is 79.9. The highest BCUT2D eigenvalue weighted by molar-refractivity contribution is 9.10. The van der Waals surface area contributed by atoms with Crippen LogP contribution in [0, 0.1) is 19.8 Å². The summed E-state index contributed by atoms with van der Waals surface area (Å²) >= 11 is 3.49. The zero-order valence-electron chi connectivity index (χ0n) is 12.1. The van der Waals surface area contributed by atoms with E-state index in [-0.39, 0.29) is 18.0 Å². The van der Waals surface area contributed by atoms with Crippen LogP contribution in [0.4, 0.5) is 10.5 Å². The second-order valence-electron chi connectivity index (χ2n) is 5.57. The smallest absolute Gasteiger partial charge is 0.319 e. The molecule has 1 aliphatic rings. The Bertz CT molecular complexity index is 551. The van der Waals surface area contributed by atoms with Crippen molar-refractivity contribution in [3.8, 4) is 0 Å². The molecular formula is C15H19BrN2O3. The Hall–Kier alpha value is -1.56. The second kappa shape index (κ2) is 6.47. The maximum atomic E-state index is 12.0. The summed E-state index contributed by atoms with van der Waals surface area (Å²) in [6.07, 6.45) is 1.83. The molecule has 3 N–H and O–H groups in total. The molecule has 21 heavy (non-hydrogen) atoms. The van der Waals surface area contributed by atoms with Crippen LogP contribution in [0.5, 0.6) is 0 Å². The number of hydrogen-bond acceptors (Lipinski definition) is 2. The maximum Gasteiger partial charge on any atom is 0.319 e. The monoisotopic (exact) mass is 354 g/mol. The van der Waals surface area contributed by atoms with Gasteiger partial charge in [-0.25, -0.2) is 4.79 Å². The minimum atomic E-state index is -0.779. The van der Waals surface area contributed by atoms with Gasteiger partial charge in [-0.15, -0.1) is 0 Å². The molecule has 0 aromatic heterocycles. The van der Waals surface area contributed by atoms with E-state index in [1.54, 1.807) is 0 Å². The summed E-state index contributed by atoms with van der Waals surface area (Å²) in [4.78, 5) is 22.9. The number of halogens is 1. The SMILES string of the molecule is Cc1cc(NC(=O)N[C@H]2CC[C@@H](C(=O)O)C2)cc(C)c1Br. The van der Waals surface area contributed by atoms with Gasteiger partial charge in [0.2, 0.25) is 0 Å². The van der Waals surface area contributed by atoms with Crippen LogP contribution in [0.3, 0.4) is 0 Å². The lowest BCUT2D eigenvalue weighted by atomic mass is 10.1. The van der Waals surface area contributed by atoms with Crippen molar-refractivity contribution in [2.75, 3.05) is 5.32 Å². The van der Waals surface area contributed by atoms with Gasteiger partial charge in [-0.2, -0.15) is 0 Å². The number of rotatable bonds is 3. The number of benzene rings is 1. The number of anilines is 1. The van der Waals surface area contributed by atoms with E-state index >= 15 is 0 Å². The van der Waals surface area contributed by atoms with Gasteiger partial charge in [-0.1, -0.05) is 15.9 Å². The Morgan fingerprint density at radius 3 is 2.38 bits per heavy atom. The molecule has 5 nitrogen and oxygen atoms in total. The molecule has 1 saturated carbocycles. The number of aryl methyl sites for hydroxylation is 2. The van der Waals surface area contributed by atoms with Crippen molar-refractivity contribution < 1.29 is 14.7 Å². The van der Waals surface area contributed by atoms with Gasteiger partial charge < -0.3 is 15.7 Å². The predicted molar refractivity (Wildman–Crippen MR) is 84.5 cm³/mol. The Morgan fingerprint density at radius 2 is 1.86 bits per heavy atom. The van der Waals surface area contributed by atoms with Gasteiger partial charge in [0.25, 0.3) is 0 Å². The molecule has 0 radical (unpaired) electrons. The molecule has 1 aliphatic carbocycles. The molecule has 1 fully saturated rings. The molecule has 0 spiro atoms. The van der Waals surface area contributed by atoms with Crippen molar-refractivity contribution in [1.82, 2.24) is 5.32 Å². The van der Waals surface area contributed by atoms with Crippen LogP contribution in [0.1, 0.15) is 30.4 Å². The Morgan fingerprint density at radius 1 is 1.24 bits per heavy atom. The second-order valence-corrected chi connectivity index (χ2v) is 6.36. The predicted octanol–water partition coefficient (Wildman–Crippen LogP) is 3.44. The summed E-state index contributed by atoms with van der Waals surface area (Å²) in [6.45, 7) is 3.93. The molecule has 114 valence electrons. The first-order valence-corrected chi connectivity index (χ1v) is 7.73. The average Bonchev–Trinajstić information content (AvgIpc) is 2.84. The molecule has 2 atom stereocenters. The lowest BCUT2D eigenvalue weighted by Gasteiger charge is -2.14. The van der Waals surface area contributed by atoms with E-state index in [2.05, 4.69) is 26.6 Å². The van der Waals surface area contributed by atoms with Crippen LogP contribution in [-0.2, 0) is 4.79 Å². The number of carbonyl (C=O) groups is 2. The van der Waals surface area contributed by atoms with Gasteiger partial charge in [0.15, 0.2) is 0 Å². The third-order valence-electron chi connectivity index (χ3n) is 3.81. The van der Waals surface area contributed by atoms with Gasteiger partial charge >= 0.3 is 12.0 Å². The van der Waals surface area contributed by atoms with Crippen molar-refractivity contribution in [2.45, 2.75) is 39.2 Å². The fourth-order valence-corrected chi connectivity index (χ4v) is 2.94. The van der Waals surface area contributed by atoms with E-state index in [0.717, 1.165) is 21.3 Å². The number of carboxylic acid groups (broad SMARTS) is 1. The highest BCUT2D eigenvalue weighted by Crippen LogP contribution is 2.27. The lowest BCUT2D eigenvalue weighted by Crippen LogP contribution is -2.36. The van der Waals surface area contributed by atoms with Gasteiger partial charge in [0, 0.05) is 16.2 Å². The topological polar surface area (TPSA) is 78.4 Å². The van der Waals surface area contributed by atoms with Crippen molar-refractivity contribution in [1.29, 1.82) is 0 Å². The molecule has 1 aromatic carbocycles. The third-order valence-corrected chi connectivity index (χ3v) is 5.06. The largest absolute Gasteiger partial charge is 0.481 e. The van der Waals surface area contributed by atoms with Crippen molar-refractivity contribution in [3.05, 3.63) is 27.7 Å². The van der Waals surface area contributed by atoms with Crippen LogP contribution < -0.4 is 10.6 Å². The maximum absolute atomic E-state index is 12.0. The number of urea groups is 1. The first kappa shape index (κ1) is 15.8. The summed E-state index contributed by atoms with van der Waals surface area (Å²) < 4.78 is 1.04. The fraction of sp³-hybridized carbons (Fsp3) is 0.467. The quantitative estimate of drug-likeness (QED) is 0.777. The molecule has 1 aromatic rings. The van der Waals surface area contributed by atoms with Crippen LogP contribution in [0.25, 0.3) is 0 Å². The number of carbonyl (C=O) groups excluding carboxylic acids is 1. The minimum Gasteiger partial charge on any atom is -0.481 e. The number of nitrogens with one attached hydrogen (secondary N) is 2. The minimum absolute atomic E-state index is 0.0660.